The van der Waals surface area contributed by atoms with Crippen LogP contribution < -0.4 is 0 Å². The molecular formula is C31H36N2O3. The molecule has 5 rings (SSSR count). The van der Waals surface area contributed by atoms with Gasteiger partial charge in [0, 0.05) is 32.1 Å². The smallest absolute Gasteiger partial charge is 0.237 e. The van der Waals surface area contributed by atoms with Crippen molar-refractivity contribution in [1.82, 2.24) is 9.80 Å². The van der Waals surface area contributed by atoms with Gasteiger partial charge in [-0.3, -0.25) is 9.69 Å². The highest BCUT2D eigenvalue weighted by Gasteiger charge is 2.51. The third kappa shape index (κ3) is 3.91. The van der Waals surface area contributed by atoms with E-state index in [1.54, 1.807) is 11.0 Å². The number of nitrogens with zero attached hydrogens (tertiary/aromatic N) is 2. The molecule has 0 radical (unpaired) electrons. The van der Waals surface area contributed by atoms with E-state index in [0.29, 0.717) is 13.0 Å². The van der Waals surface area contributed by atoms with Crippen LogP contribution in [0, 0.1) is 0 Å². The molecule has 2 N–H and O–H groups in total. The first-order valence-electron chi connectivity index (χ1n) is 12.8. The lowest BCUT2D eigenvalue weighted by Crippen LogP contribution is -2.62. The van der Waals surface area contributed by atoms with Crippen LogP contribution in [0.3, 0.4) is 0 Å². The molecule has 0 saturated carbocycles. The maximum Gasteiger partial charge on any atom is 0.237 e. The van der Waals surface area contributed by atoms with E-state index < -0.39 is 11.5 Å². The normalized spacial score (nSPS) is 23.7. The largest absolute Gasteiger partial charge is 0.508 e. The highest BCUT2D eigenvalue weighted by molar-refractivity contribution is 5.92. The van der Waals surface area contributed by atoms with Crippen molar-refractivity contribution >= 4 is 5.91 Å². The maximum absolute atomic E-state index is 14.0. The Hall–Kier alpha value is -3.15. The number of likely N-dealkylation sites (tertiary alicyclic amines) is 1. The number of aliphatic hydroxyl groups excluding tert-OH is 1. The van der Waals surface area contributed by atoms with Gasteiger partial charge in [0.1, 0.15) is 11.2 Å². The number of piperidine rings is 1. The molecule has 3 aromatic rings. The minimum atomic E-state index is -0.823. The van der Waals surface area contributed by atoms with E-state index in [1.807, 2.05) is 62.6 Å². The Labute approximate surface area is 214 Å². The zero-order valence-electron chi connectivity index (χ0n) is 21.4. The molecule has 5 heteroatoms. The van der Waals surface area contributed by atoms with Crippen LogP contribution in [0.5, 0.6) is 5.75 Å². The number of carbonyl (C=O) groups is 1. The number of rotatable bonds is 6. The van der Waals surface area contributed by atoms with Gasteiger partial charge in [0.2, 0.25) is 5.91 Å². The van der Waals surface area contributed by atoms with Crippen LogP contribution in [-0.4, -0.2) is 65.3 Å². The fraction of sp³-hybridized carbons (Fsp3) is 0.387. The second kappa shape index (κ2) is 9.38. The van der Waals surface area contributed by atoms with Crippen molar-refractivity contribution < 1.29 is 15.0 Å². The summed E-state index contributed by atoms with van der Waals surface area (Å²) in [5, 5.41) is 21.6. The van der Waals surface area contributed by atoms with Crippen molar-refractivity contribution in [2.45, 2.75) is 49.2 Å². The first-order chi connectivity index (χ1) is 17.3. The van der Waals surface area contributed by atoms with Gasteiger partial charge in [-0.15, -0.1) is 0 Å². The van der Waals surface area contributed by atoms with Gasteiger partial charge in [0.15, 0.2) is 0 Å². The summed E-state index contributed by atoms with van der Waals surface area (Å²) < 4.78 is 0. The molecule has 1 fully saturated rings. The summed E-state index contributed by atoms with van der Waals surface area (Å²) >= 11 is 0. The number of fused-ring (bicyclic) bond motifs is 4. The van der Waals surface area contributed by atoms with Crippen LogP contribution in [0.2, 0.25) is 0 Å². The third-order valence-electron chi connectivity index (χ3n) is 8.62. The van der Waals surface area contributed by atoms with Crippen LogP contribution in [0.4, 0.5) is 0 Å². The van der Waals surface area contributed by atoms with E-state index in [4.69, 9.17) is 0 Å². The molecule has 188 valence electrons. The monoisotopic (exact) mass is 484 g/mol. The first-order valence-corrected chi connectivity index (χ1v) is 12.8. The lowest BCUT2D eigenvalue weighted by Gasteiger charge is -2.54. The van der Waals surface area contributed by atoms with Gasteiger partial charge >= 0.3 is 0 Å². The molecule has 1 heterocycles. The SMILES string of the molecule is CN(C)C(=O)C(CCN1CC[C@]2(C)c3cc(O)ccc3CC1[C@H]2O)(c1ccccc1)c1ccccc1. The first kappa shape index (κ1) is 24.5. The number of phenols is 1. The standard InChI is InChI=1S/C31H36N2O3/c1-30-16-18-33(27(28(30)35)20-22-14-15-25(34)21-26(22)30)19-17-31(29(36)32(2)3,23-10-6-4-7-11-23)24-12-8-5-9-13-24/h4-15,21,27-28,34-35H,16-20H2,1-3H3/t27?,28-,30-/m1/s1. The van der Waals surface area contributed by atoms with Gasteiger partial charge < -0.3 is 15.1 Å². The van der Waals surface area contributed by atoms with Gasteiger partial charge in [-0.25, -0.2) is 0 Å². The second-order valence-corrected chi connectivity index (χ2v) is 10.8. The molecule has 2 bridgehead atoms. The highest BCUT2D eigenvalue weighted by atomic mass is 16.3. The molecule has 3 atom stereocenters. The topological polar surface area (TPSA) is 64.0 Å². The quantitative estimate of drug-likeness (QED) is 0.553. The summed E-state index contributed by atoms with van der Waals surface area (Å²) in [5.41, 5.74) is 3.02. The fourth-order valence-corrected chi connectivity index (χ4v) is 6.57. The number of aliphatic hydroxyl groups is 1. The summed E-state index contributed by atoms with van der Waals surface area (Å²) in [6, 6.07) is 25.7. The summed E-state index contributed by atoms with van der Waals surface area (Å²) in [6.07, 6.45) is 1.61. The fourth-order valence-electron chi connectivity index (χ4n) is 6.57. The van der Waals surface area contributed by atoms with Crippen LogP contribution in [0.15, 0.2) is 78.9 Å². The van der Waals surface area contributed by atoms with E-state index >= 15 is 0 Å². The van der Waals surface area contributed by atoms with E-state index in [-0.39, 0.29) is 23.1 Å². The minimum absolute atomic E-state index is 0.0282. The number of likely N-dealkylation sites (N-methyl/N-ethyl adjacent to an activating group) is 1. The molecule has 1 aliphatic carbocycles. The van der Waals surface area contributed by atoms with Crippen molar-refractivity contribution in [2.75, 3.05) is 27.2 Å². The van der Waals surface area contributed by atoms with Crippen LogP contribution >= 0.6 is 0 Å². The van der Waals surface area contributed by atoms with Crippen molar-refractivity contribution in [3.05, 3.63) is 101 Å². The second-order valence-electron chi connectivity index (χ2n) is 10.8. The molecular weight excluding hydrogens is 448 g/mol. The summed E-state index contributed by atoms with van der Waals surface area (Å²) in [5.74, 6) is 0.313. The van der Waals surface area contributed by atoms with Gasteiger partial charge in [0.25, 0.3) is 0 Å². The Bertz CT molecular complexity index is 1190. The van der Waals surface area contributed by atoms with Crippen molar-refractivity contribution in [1.29, 1.82) is 0 Å². The molecule has 3 aromatic carbocycles. The Morgan fingerprint density at radius 1 is 1.03 bits per heavy atom. The van der Waals surface area contributed by atoms with Crippen molar-refractivity contribution in [2.24, 2.45) is 0 Å². The van der Waals surface area contributed by atoms with E-state index in [2.05, 4.69) is 36.1 Å². The van der Waals surface area contributed by atoms with E-state index in [0.717, 1.165) is 36.1 Å². The lowest BCUT2D eigenvalue weighted by atomic mass is 9.62. The molecule has 1 amide bonds. The molecule has 1 unspecified atom stereocenters. The number of hydrogen-bond donors (Lipinski definition) is 2. The number of carbonyl (C=O) groups excluding carboxylic acids is 1. The summed E-state index contributed by atoms with van der Waals surface area (Å²) in [4.78, 5) is 18.1. The molecule has 1 saturated heterocycles. The molecule has 1 aliphatic heterocycles. The Morgan fingerprint density at radius 3 is 2.22 bits per heavy atom. The number of benzene rings is 3. The number of aromatic hydroxyl groups is 1. The zero-order valence-corrected chi connectivity index (χ0v) is 21.4. The molecule has 0 spiro atoms. The number of phenolic OH excluding ortho intramolecular Hbond substituents is 1. The van der Waals surface area contributed by atoms with Gasteiger partial charge in [-0.2, -0.15) is 0 Å². The van der Waals surface area contributed by atoms with Crippen LogP contribution in [0.1, 0.15) is 42.0 Å². The highest BCUT2D eigenvalue weighted by Crippen LogP contribution is 2.46. The molecule has 2 aliphatic rings. The van der Waals surface area contributed by atoms with Gasteiger partial charge in [0.05, 0.1) is 6.10 Å². The van der Waals surface area contributed by atoms with Crippen LogP contribution in [0.25, 0.3) is 0 Å². The van der Waals surface area contributed by atoms with Crippen LogP contribution in [-0.2, 0) is 22.0 Å². The van der Waals surface area contributed by atoms with E-state index in [1.165, 1.54) is 5.56 Å². The van der Waals surface area contributed by atoms with Gasteiger partial charge in [-0.1, -0.05) is 73.7 Å². The zero-order chi connectivity index (χ0) is 25.5. The van der Waals surface area contributed by atoms with Crippen molar-refractivity contribution in [3.8, 4) is 5.75 Å². The predicted molar refractivity (Wildman–Crippen MR) is 142 cm³/mol. The maximum atomic E-state index is 14.0. The Morgan fingerprint density at radius 2 is 1.64 bits per heavy atom. The van der Waals surface area contributed by atoms with Gasteiger partial charge in [-0.05, 0) is 60.2 Å². The average molecular weight is 485 g/mol. The Kier molecular flexibility index (Phi) is 6.39. The number of amides is 1. The lowest BCUT2D eigenvalue weighted by molar-refractivity contribution is -0.134. The third-order valence-corrected chi connectivity index (χ3v) is 8.62. The summed E-state index contributed by atoms with van der Waals surface area (Å²) in [6.45, 7) is 3.64. The molecule has 5 nitrogen and oxygen atoms in total. The summed E-state index contributed by atoms with van der Waals surface area (Å²) in [7, 11) is 3.65. The molecule has 36 heavy (non-hydrogen) atoms. The predicted octanol–water partition coefficient (Wildman–Crippen LogP) is 4.11. The molecule has 0 aromatic heterocycles. The van der Waals surface area contributed by atoms with Crippen molar-refractivity contribution in [3.63, 3.8) is 0 Å². The average Bonchev–Trinajstić information content (AvgIpc) is 2.89. The number of hydrogen-bond acceptors (Lipinski definition) is 4. The Balaban J connectivity index is 1.51. The minimum Gasteiger partial charge on any atom is -0.508 e. The van der Waals surface area contributed by atoms with E-state index in [9.17, 15) is 15.0 Å².